The maximum atomic E-state index is 13.4. The van der Waals surface area contributed by atoms with Crippen molar-refractivity contribution in [2.75, 3.05) is 26.4 Å². The average molecular weight is 584 g/mol. The van der Waals surface area contributed by atoms with Gasteiger partial charge in [-0.1, -0.05) is 12.1 Å². The molecule has 0 bridgehead atoms. The van der Waals surface area contributed by atoms with Crippen LogP contribution in [0, 0.1) is 18.3 Å². The molecule has 5 rings (SSSR count). The summed E-state index contributed by atoms with van der Waals surface area (Å²) < 4.78 is 25.1. The first kappa shape index (κ1) is 29.7. The SMILES string of the molecule is Cc1cc(CNC(CO)CO)c(OCc2cccc(C#N)c2)cc1OCc1cccn(-c2ccc3c(c2)OCCO3)c1=O. The van der Waals surface area contributed by atoms with E-state index in [1.165, 1.54) is 0 Å². The molecule has 10 heteroatoms. The first-order valence-corrected chi connectivity index (χ1v) is 13.9. The van der Waals surface area contributed by atoms with E-state index < -0.39 is 6.04 Å². The number of benzene rings is 3. The van der Waals surface area contributed by atoms with Crippen molar-refractivity contribution in [3.8, 4) is 34.8 Å². The average Bonchev–Trinajstić information content (AvgIpc) is 3.04. The van der Waals surface area contributed by atoms with Crippen LogP contribution in [0.5, 0.6) is 23.0 Å². The number of fused-ring (bicyclic) bond motifs is 1. The molecular formula is C33H33N3O7. The standard InChI is InChI=1S/C33H33N3O7/c1-22-12-26(17-35-27(18-37)19-38)31(42-20-24-5-2-4-23(13-24)16-34)15-30(22)43-21-25-6-3-9-36(33(25)39)28-7-8-29-32(14-28)41-11-10-40-29/h2-9,12-15,27,35,37-38H,10-11,17-21H2,1H3. The minimum atomic E-state index is -0.481. The van der Waals surface area contributed by atoms with Crippen molar-refractivity contribution in [3.05, 3.63) is 111 Å². The summed E-state index contributed by atoms with van der Waals surface area (Å²) in [7, 11) is 0. The summed E-state index contributed by atoms with van der Waals surface area (Å²) in [6.07, 6.45) is 1.70. The molecule has 0 amide bonds. The van der Waals surface area contributed by atoms with Crippen LogP contribution in [-0.2, 0) is 19.8 Å². The van der Waals surface area contributed by atoms with Crippen molar-refractivity contribution < 1.29 is 29.2 Å². The van der Waals surface area contributed by atoms with E-state index >= 15 is 0 Å². The Morgan fingerprint density at radius 3 is 2.51 bits per heavy atom. The quantitative estimate of drug-likeness (QED) is 0.229. The fraction of sp³-hybridized carbons (Fsp3) is 0.273. The lowest BCUT2D eigenvalue weighted by Gasteiger charge is -2.20. The molecule has 0 saturated heterocycles. The van der Waals surface area contributed by atoms with E-state index in [-0.39, 0.29) is 32.0 Å². The number of aliphatic hydroxyl groups excluding tert-OH is 2. The zero-order valence-corrected chi connectivity index (χ0v) is 23.8. The van der Waals surface area contributed by atoms with Gasteiger partial charge in [0.25, 0.3) is 5.56 Å². The number of hydrogen-bond donors (Lipinski definition) is 3. The Kier molecular flexibility index (Phi) is 9.59. The van der Waals surface area contributed by atoms with Crippen molar-refractivity contribution >= 4 is 0 Å². The van der Waals surface area contributed by atoms with Crippen LogP contribution in [0.4, 0.5) is 0 Å². The molecule has 10 nitrogen and oxygen atoms in total. The molecule has 0 radical (unpaired) electrons. The summed E-state index contributed by atoms with van der Waals surface area (Å²) in [6.45, 7) is 2.99. The maximum Gasteiger partial charge on any atom is 0.261 e. The third-order valence-electron chi connectivity index (χ3n) is 7.04. The van der Waals surface area contributed by atoms with E-state index in [0.717, 1.165) is 16.7 Å². The van der Waals surface area contributed by atoms with Crippen LogP contribution in [0.2, 0.25) is 0 Å². The van der Waals surface area contributed by atoms with Gasteiger partial charge in [0, 0.05) is 30.4 Å². The van der Waals surface area contributed by atoms with E-state index in [9.17, 15) is 20.3 Å². The van der Waals surface area contributed by atoms with Gasteiger partial charge in [0.15, 0.2) is 11.5 Å². The van der Waals surface area contributed by atoms with Crippen LogP contribution in [0.15, 0.2) is 77.7 Å². The smallest absolute Gasteiger partial charge is 0.261 e. The minimum Gasteiger partial charge on any atom is -0.488 e. The van der Waals surface area contributed by atoms with Gasteiger partial charge >= 0.3 is 0 Å². The minimum absolute atomic E-state index is 0.0312. The highest BCUT2D eigenvalue weighted by molar-refractivity contribution is 5.50. The van der Waals surface area contributed by atoms with Crippen LogP contribution < -0.4 is 29.8 Å². The number of nitrogens with one attached hydrogen (secondary N) is 1. The Hall–Kier alpha value is -4.82. The van der Waals surface area contributed by atoms with E-state index in [1.54, 1.807) is 59.3 Å². The van der Waals surface area contributed by atoms with E-state index in [4.69, 9.17) is 18.9 Å². The molecule has 0 aliphatic carbocycles. The molecule has 0 fully saturated rings. The fourth-order valence-corrected chi connectivity index (χ4v) is 4.68. The van der Waals surface area contributed by atoms with Crippen LogP contribution in [0.1, 0.15) is 27.8 Å². The van der Waals surface area contributed by atoms with E-state index in [2.05, 4.69) is 11.4 Å². The zero-order valence-electron chi connectivity index (χ0n) is 23.8. The van der Waals surface area contributed by atoms with E-state index in [0.29, 0.717) is 59.6 Å². The summed E-state index contributed by atoms with van der Waals surface area (Å²) >= 11 is 0. The van der Waals surface area contributed by atoms with Crippen LogP contribution >= 0.6 is 0 Å². The van der Waals surface area contributed by atoms with Gasteiger partial charge in [-0.2, -0.15) is 5.26 Å². The van der Waals surface area contributed by atoms with Crippen molar-refractivity contribution in [1.29, 1.82) is 5.26 Å². The van der Waals surface area contributed by atoms with Crippen LogP contribution in [-0.4, -0.2) is 47.2 Å². The molecule has 1 aliphatic rings. The zero-order chi connectivity index (χ0) is 30.2. The number of hydrogen-bond acceptors (Lipinski definition) is 9. The van der Waals surface area contributed by atoms with Crippen molar-refractivity contribution in [1.82, 2.24) is 9.88 Å². The normalized spacial score (nSPS) is 12.2. The highest BCUT2D eigenvalue weighted by Gasteiger charge is 2.16. The third kappa shape index (κ3) is 7.16. The number of aryl methyl sites for hydroxylation is 1. The summed E-state index contributed by atoms with van der Waals surface area (Å²) in [5.74, 6) is 2.32. The summed E-state index contributed by atoms with van der Waals surface area (Å²) in [5.41, 5.74) is 3.89. The highest BCUT2D eigenvalue weighted by Crippen LogP contribution is 2.32. The number of rotatable bonds is 12. The number of ether oxygens (including phenoxy) is 4. The van der Waals surface area contributed by atoms with Crippen molar-refractivity contribution in [2.45, 2.75) is 32.7 Å². The summed E-state index contributed by atoms with van der Waals surface area (Å²) in [6, 6.07) is 21.4. The maximum absolute atomic E-state index is 13.4. The molecule has 3 aromatic carbocycles. The Morgan fingerprint density at radius 1 is 0.930 bits per heavy atom. The van der Waals surface area contributed by atoms with Crippen LogP contribution in [0.25, 0.3) is 5.69 Å². The molecule has 0 spiro atoms. The predicted molar refractivity (Wildman–Crippen MR) is 159 cm³/mol. The number of nitrogens with zero attached hydrogens (tertiary/aromatic N) is 2. The van der Waals surface area contributed by atoms with Gasteiger partial charge in [0.2, 0.25) is 0 Å². The molecule has 1 aliphatic heterocycles. The fourth-order valence-electron chi connectivity index (χ4n) is 4.68. The highest BCUT2D eigenvalue weighted by atomic mass is 16.6. The molecule has 43 heavy (non-hydrogen) atoms. The van der Waals surface area contributed by atoms with Gasteiger partial charge in [0.05, 0.1) is 42.1 Å². The first-order chi connectivity index (χ1) is 21.0. The number of aliphatic hydroxyl groups is 2. The monoisotopic (exact) mass is 583 g/mol. The third-order valence-corrected chi connectivity index (χ3v) is 7.04. The number of pyridine rings is 1. The summed E-state index contributed by atoms with van der Waals surface area (Å²) in [5, 5.41) is 31.3. The topological polar surface area (TPSA) is 135 Å². The Morgan fingerprint density at radius 2 is 1.72 bits per heavy atom. The molecule has 3 N–H and O–H groups in total. The largest absolute Gasteiger partial charge is 0.488 e. The molecule has 0 atom stereocenters. The van der Waals surface area contributed by atoms with Crippen molar-refractivity contribution in [3.63, 3.8) is 0 Å². The Labute approximate surface area is 249 Å². The lowest BCUT2D eigenvalue weighted by Crippen LogP contribution is -2.35. The summed E-state index contributed by atoms with van der Waals surface area (Å²) in [4.78, 5) is 13.4. The van der Waals surface area contributed by atoms with Gasteiger partial charge in [-0.05, 0) is 60.5 Å². The van der Waals surface area contributed by atoms with Gasteiger partial charge in [-0.3, -0.25) is 9.36 Å². The van der Waals surface area contributed by atoms with Crippen LogP contribution in [0.3, 0.4) is 0 Å². The molecule has 222 valence electrons. The second-order valence-electron chi connectivity index (χ2n) is 10.1. The predicted octanol–water partition coefficient (Wildman–Crippen LogP) is 3.39. The Balaban J connectivity index is 1.37. The van der Waals surface area contributed by atoms with Gasteiger partial charge in [-0.15, -0.1) is 0 Å². The van der Waals surface area contributed by atoms with Gasteiger partial charge < -0.3 is 34.5 Å². The molecule has 4 aromatic rings. The molecule has 0 saturated carbocycles. The molecule has 0 unspecified atom stereocenters. The number of aromatic nitrogens is 1. The molecule has 2 heterocycles. The van der Waals surface area contributed by atoms with Gasteiger partial charge in [-0.25, -0.2) is 0 Å². The Bertz CT molecular complexity index is 1670. The lowest BCUT2D eigenvalue weighted by molar-refractivity contribution is 0.169. The second kappa shape index (κ2) is 13.9. The second-order valence-corrected chi connectivity index (χ2v) is 10.1. The number of nitriles is 1. The van der Waals surface area contributed by atoms with Gasteiger partial charge in [0.1, 0.15) is 37.9 Å². The first-order valence-electron chi connectivity index (χ1n) is 13.9. The molecule has 1 aromatic heterocycles. The van der Waals surface area contributed by atoms with Crippen molar-refractivity contribution in [2.24, 2.45) is 0 Å². The van der Waals surface area contributed by atoms with E-state index in [1.807, 2.05) is 25.1 Å². The lowest BCUT2D eigenvalue weighted by atomic mass is 10.1. The molecular weight excluding hydrogens is 550 g/mol.